The van der Waals surface area contributed by atoms with Crippen molar-refractivity contribution in [2.45, 2.75) is 39.7 Å². The number of hydrogen-bond donors (Lipinski definition) is 1. The van der Waals surface area contributed by atoms with Crippen LogP contribution >= 0.6 is 0 Å². The minimum atomic E-state index is -0.378. The van der Waals surface area contributed by atoms with E-state index in [1.807, 2.05) is 6.92 Å². The molecule has 0 radical (unpaired) electrons. The van der Waals surface area contributed by atoms with E-state index in [1.54, 1.807) is 19.2 Å². The Bertz CT molecular complexity index is 433. The van der Waals surface area contributed by atoms with Gasteiger partial charge in [0.1, 0.15) is 11.4 Å². The molecule has 1 unspecified atom stereocenters. The highest BCUT2D eigenvalue weighted by molar-refractivity contribution is 5.64. The SMILES string of the molecule is COc1ccc([N+](=O)[O-])c(NC(C)CCC(C)C)c1. The van der Waals surface area contributed by atoms with Gasteiger partial charge in [-0.2, -0.15) is 0 Å². The van der Waals surface area contributed by atoms with Gasteiger partial charge in [-0.1, -0.05) is 13.8 Å². The predicted octanol–water partition coefficient (Wildman–Crippen LogP) is 3.84. The Balaban J connectivity index is 2.82. The zero-order valence-electron chi connectivity index (χ0n) is 12.0. The van der Waals surface area contributed by atoms with Gasteiger partial charge in [0.2, 0.25) is 0 Å². The van der Waals surface area contributed by atoms with Crippen LogP contribution in [0.2, 0.25) is 0 Å². The van der Waals surface area contributed by atoms with Crippen LogP contribution in [0.1, 0.15) is 33.6 Å². The van der Waals surface area contributed by atoms with Crippen molar-refractivity contribution in [1.29, 1.82) is 0 Å². The molecule has 5 heteroatoms. The summed E-state index contributed by atoms with van der Waals surface area (Å²) in [5.41, 5.74) is 0.595. The van der Waals surface area contributed by atoms with Gasteiger partial charge in [0, 0.05) is 18.2 Å². The predicted molar refractivity (Wildman–Crippen MR) is 76.8 cm³/mol. The summed E-state index contributed by atoms with van der Waals surface area (Å²) in [6.45, 7) is 6.37. The third-order valence-electron chi connectivity index (χ3n) is 2.98. The Kier molecular flexibility index (Phi) is 5.60. The number of rotatable bonds is 7. The van der Waals surface area contributed by atoms with Crippen LogP contribution in [0.25, 0.3) is 0 Å². The van der Waals surface area contributed by atoms with Gasteiger partial charge in [0.15, 0.2) is 0 Å². The molecule has 0 aliphatic carbocycles. The second kappa shape index (κ2) is 6.97. The van der Waals surface area contributed by atoms with E-state index in [0.29, 0.717) is 17.4 Å². The van der Waals surface area contributed by atoms with Crippen LogP contribution in [0.3, 0.4) is 0 Å². The summed E-state index contributed by atoms with van der Waals surface area (Å²) in [7, 11) is 1.55. The molecule has 1 aromatic rings. The van der Waals surface area contributed by atoms with Crippen LogP contribution in [-0.2, 0) is 0 Å². The van der Waals surface area contributed by atoms with Crippen LogP contribution < -0.4 is 10.1 Å². The van der Waals surface area contributed by atoms with Gasteiger partial charge in [0.25, 0.3) is 5.69 Å². The maximum Gasteiger partial charge on any atom is 0.292 e. The number of methoxy groups -OCH3 is 1. The van der Waals surface area contributed by atoms with E-state index < -0.39 is 0 Å². The molecule has 0 aliphatic rings. The molecule has 0 fully saturated rings. The van der Waals surface area contributed by atoms with Crippen LogP contribution in [0.4, 0.5) is 11.4 Å². The number of nitrogens with zero attached hydrogens (tertiary/aromatic N) is 1. The third kappa shape index (κ3) is 4.77. The lowest BCUT2D eigenvalue weighted by Crippen LogP contribution is -2.16. The molecule has 0 bridgehead atoms. The Morgan fingerprint density at radius 3 is 2.53 bits per heavy atom. The average Bonchev–Trinajstić information content (AvgIpc) is 2.35. The fourth-order valence-electron chi connectivity index (χ4n) is 1.84. The number of hydrogen-bond acceptors (Lipinski definition) is 4. The highest BCUT2D eigenvalue weighted by Gasteiger charge is 2.16. The molecule has 0 heterocycles. The Hall–Kier alpha value is -1.78. The van der Waals surface area contributed by atoms with Crippen molar-refractivity contribution in [3.8, 4) is 5.75 Å². The third-order valence-corrected chi connectivity index (χ3v) is 2.98. The second-order valence-electron chi connectivity index (χ2n) is 5.16. The molecule has 1 atom stereocenters. The molecule has 1 rings (SSSR count). The minimum Gasteiger partial charge on any atom is -0.497 e. The number of benzene rings is 1. The first-order valence-electron chi connectivity index (χ1n) is 6.53. The van der Waals surface area contributed by atoms with Gasteiger partial charge >= 0.3 is 0 Å². The van der Waals surface area contributed by atoms with Gasteiger partial charge in [0.05, 0.1) is 12.0 Å². The van der Waals surface area contributed by atoms with E-state index in [-0.39, 0.29) is 16.7 Å². The Labute approximate surface area is 114 Å². The van der Waals surface area contributed by atoms with Crippen LogP contribution in [0.15, 0.2) is 18.2 Å². The van der Waals surface area contributed by atoms with E-state index in [9.17, 15) is 10.1 Å². The molecule has 19 heavy (non-hydrogen) atoms. The smallest absolute Gasteiger partial charge is 0.292 e. The van der Waals surface area contributed by atoms with Gasteiger partial charge in [-0.15, -0.1) is 0 Å². The number of ether oxygens (including phenoxy) is 1. The molecule has 0 saturated heterocycles. The first-order chi connectivity index (χ1) is 8.93. The van der Waals surface area contributed by atoms with Crippen molar-refractivity contribution in [3.63, 3.8) is 0 Å². The summed E-state index contributed by atoms with van der Waals surface area (Å²) in [6.07, 6.45) is 2.07. The van der Waals surface area contributed by atoms with Gasteiger partial charge < -0.3 is 10.1 Å². The monoisotopic (exact) mass is 266 g/mol. The van der Waals surface area contributed by atoms with E-state index >= 15 is 0 Å². The molecular weight excluding hydrogens is 244 g/mol. The molecule has 0 amide bonds. The number of nitro benzene ring substituents is 1. The van der Waals surface area contributed by atoms with Crippen molar-refractivity contribution >= 4 is 11.4 Å². The number of nitrogens with one attached hydrogen (secondary N) is 1. The molecule has 5 nitrogen and oxygen atoms in total. The van der Waals surface area contributed by atoms with Crippen molar-refractivity contribution in [2.75, 3.05) is 12.4 Å². The first-order valence-corrected chi connectivity index (χ1v) is 6.53. The van der Waals surface area contributed by atoms with Crippen molar-refractivity contribution in [3.05, 3.63) is 28.3 Å². The zero-order chi connectivity index (χ0) is 14.4. The molecule has 106 valence electrons. The van der Waals surface area contributed by atoms with Crippen molar-refractivity contribution in [1.82, 2.24) is 0 Å². The Morgan fingerprint density at radius 2 is 2.00 bits per heavy atom. The molecular formula is C14H22N2O3. The first kappa shape index (κ1) is 15.3. The van der Waals surface area contributed by atoms with E-state index in [1.165, 1.54) is 6.07 Å². The summed E-state index contributed by atoms with van der Waals surface area (Å²) in [6, 6.07) is 4.93. The van der Waals surface area contributed by atoms with E-state index in [2.05, 4.69) is 19.2 Å². The average molecular weight is 266 g/mol. The highest BCUT2D eigenvalue weighted by Crippen LogP contribution is 2.29. The van der Waals surface area contributed by atoms with Crippen LogP contribution in [0.5, 0.6) is 5.75 Å². The second-order valence-corrected chi connectivity index (χ2v) is 5.16. The van der Waals surface area contributed by atoms with E-state index in [4.69, 9.17) is 4.74 Å². The Morgan fingerprint density at radius 1 is 1.32 bits per heavy atom. The minimum absolute atomic E-state index is 0.0807. The normalized spacial score (nSPS) is 12.3. The molecule has 0 aliphatic heterocycles. The number of anilines is 1. The van der Waals surface area contributed by atoms with Crippen LogP contribution in [-0.4, -0.2) is 18.1 Å². The summed E-state index contributed by atoms with van der Waals surface area (Å²) in [5, 5.41) is 14.2. The quantitative estimate of drug-likeness (QED) is 0.601. The highest BCUT2D eigenvalue weighted by atomic mass is 16.6. The fraction of sp³-hybridized carbons (Fsp3) is 0.571. The van der Waals surface area contributed by atoms with Gasteiger partial charge in [-0.25, -0.2) is 0 Å². The van der Waals surface area contributed by atoms with Crippen molar-refractivity contribution < 1.29 is 9.66 Å². The summed E-state index contributed by atoms with van der Waals surface area (Å²) < 4.78 is 5.11. The summed E-state index contributed by atoms with van der Waals surface area (Å²) in [4.78, 5) is 10.6. The van der Waals surface area contributed by atoms with E-state index in [0.717, 1.165) is 12.8 Å². The lowest BCUT2D eigenvalue weighted by atomic mass is 10.0. The zero-order valence-corrected chi connectivity index (χ0v) is 12.0. The largest absolute Gasteiger partial charge is 0.497 e. The molecule has 0 aromatic heterocycles. The van der Waals surface area contributed by atoms with Crippen molar-refractivity contribution in [2.24, 2.45) is 5.92 Å². The summed E-state index contributed by atoms with van der Waals surface area (Å²) >= 11 is 0. The topological polar surface area (TPSA) is 64.4 Å². The molecule has 0 saturated carbocycles. The molecule has 1 aromatic carbocycles. The van der Waals surface area contributed by atoms with Gasteiger partial charge in [-0.05, 0) is 31.7 Å². The molecule has 1 N–H and O–H groups in total. The summed E-state index contributed by atoms with van der Waals surface area (Å²) in [5.74, 6) is 1.24. The fourth-order valence-corrected chi connectivity index (χ4v) is 1.84. The number of nitro groups is 1. The molecule has 0 spiro atoms. The standard InChI is InChI=1S/C14H22N2O3/c1-10(2)5-6-11(3)15-13-9-12(19-4)7-8-14(13)16(17)18/h7-11,15H,5-6H2,1-4H3. The van der Waals surface area contributed by atoms with Gasteiger partial charge in [-0.3, -0.25) is 10.1 Å². The van der Waals surface area contributed by atoms with Crippen LogP contribution in [0, 0.1) is 16.0 Å². The lowest BCUT2D eigenvalue weighted by molar-refractivity contribution is -0.384. The maximum absolute atomic E-state index is 11.0. The maximum atomic E-state index is 11.0. The lowest BCUT2D eigenvalue weighted by Gasteiger charge is -2.16.